The van der Waals surface area contributed by atoms with Gasteiger partial charge < -0.3 is 19.8 Å². The first-order valence-corrected chi connectivity index (χ1v) is 18.1. The number of likely N-dealkylation sites (N-methyl/N-ethyl adjacent to an activating group) is 1. The number of quaternary nitrogens is 1. The Balaban J connectivity index is 4.65. The lowest BCUT2D eigenvalue weighted by atomic mass is 10.1. The summed E-state index contributed by atoms with van der Waals surface area (Å²) < 4.78 is 23.3. The average Bonchev–Trinajstić information content (AvgIpc) is 2.90. The first kappa shape index (κ1) is 40.2. The highest BCUT2D eigenvalue weighted by Crippen LogP contribution is 2.43. The predicted octanol–water partition coefficient (Wildman–Crippen LogP) is 7.68. The molecule has 0 aliphatic carbocycles. The van der Waals surface area contributed by atoms with Gasteiger partial charge in [0.15, 0.2) is 0 Å². The molecule has 0 bridgehead atoms. The van der Waals surface area contributed by atoms with E-state index >= 15 is 0 Å². The summed E-state index contributed by atoms with van der Waals surface area (Å²) >= 11 is 0. The number of nitrogens with one attached hydrogen (secondary N) is 1. The number of phosphoric ester groups is 1. The van der Waals surface area contributed by atoms with Crippen LogP contribution >= 0.6 is 7.82 Å². The summed E-state index contributed by atoms with van der Waals surface area (Å²) in [6.45, 7) is 4.74. The van der Waals surface area contributed by atoms with Crippen LogP contribution in [0.15, 0.2) is 12.2 Å². The van der Waals surface area contributed by atoms with Gasteiger partial charge in [-0.1, -0.05) is 122 Å². The van der Waals surface area contributed by atoms with Crippen molar-refractivity contribution in [3.05, 3.63) is 12.2 Å². The molecule has 0 radical (unpaired) electrons. The molecule has 0 saturated heterocycles. The van der Waals surface area contributed by atoms with Gasteiger partial charge >= 0.3 is 7.82 Å². The van der Waals surface area contributed by atoms with Crippen molar-refractivity contribution < 1.29 is 32.9 Å². The number of rotatable bonds is 29. The summed E-state index contributed by atoms with van der Waals surface area (Å²) in [7, 11) is 1.57. The van der Waals surface area contributed by atoms with Crippen molar-refractivity contribution in [3.8, 4) is 0 Å². The zero-order valence-electron chi connectivity index (χ0n) is 27.3. The molecule has 3 atom stereocenters. The van der Waals surface area contributed by atoms with Gasteiger partial charge in [-0.05, 0) is 19.3 Å². The largest absolute Gasteiger partial charge is 0.472 e. The average molecular weight is 606 g/mol. The van der Waals surface area contributed by atoms with Crippen molar-refractivity contribution in [2.75, 3.05) is 40.9 Å². The molecule has 41 heavy (non-hydrogen) atoms. The molecule has 1 amide bonds. The molecule has 0 rings (SSSR count). The van der Waals surface area contributed by atoms with Crippen LogP contribution in [-0.2, 0) is 18.4 Å². The van der Waals surface area contributed by atoms with Crippen molar-refractivity contribution in [2.45, 2.75) is 148 Å². The maximum atomic E-state index is 12.6. The van der Waals surface area contributed by atoms with Crippen LogP contribution in [0.5, 0.6) is 0 Å². The molecule has 8 nitrogen and oxygen atoms in total. The van der Waals surface area contributed by atoms with Crippen molar-refractivity contribution in [3.63, 3.8) is 0 Å². The van der Waals surface area contributed by atoms with Crippen LogP contribution in [0.4, 0.5) is 0 Å². The van der Waals surface area contributed by atoms with Gasteiger partial charge in [-0.15, -0.1) is 0 Å². The van der Waals surface area contributed by atoms with E-state index in [0.29, 0.717) is 17.4 Å². The quantitative estimate of drug-likeness (QED) is 0.0350. The minimum Gasteiger partial charge on any atom is -0.387 e. The smallest absolute Gasteiger partial charge is 0.387 e. The maximum absolute atomic E-state index is 12.6. The lowest BCUT2D eigenvalue weighted by Gasteiger charge is -2.25. The van der Waals surface area contributed by atoms with Gasteiger partial charge in [-0.3, -0.25) is 13.8 Å². The first-order chi connectivity index (χ1) is 19.5. The summed E-state index contributed by atoms with van der Waals surface area (Å²) in [4.78, 5) is 22.8. The molecule has 0 fully saturated rings. The fourth-order valence-electron chi connectivity index (χ4n) is 4.51. The molecular weight excluding hydrogens is 539 g/mol. The summed E-state index contributed by atoms with van der Waals surface area (Å²) in [5, 5.41) is 13.6. The number of carbonyl (C=O) groups excluding carboxylic acids is 1. The molecule has 3 unspecified atom stereocenters. The van der Waals surface area contributed by atoms with Gasteiger partial charge in [-0.25, -0.2) is 4.57 Å². The fraction of sp³-hybridized carbons (Fsp3) is 0.906. The molecule has 0 aliphatic heterocycles. The second-order valence-electron chi connectivity index (χ2n) is 12.5. The fourth-order valence-corrected chi connectivity index (χ4v) is 5.24. The maximum Gasteiger partial charge on any atom is 0.472 e. The molecular formula is C32H66N2O6P+. The Hall–Kier alpha value is -0.760. The minimum atomic E-state index is -4.31. The molecule has 0 aromatic heterocycles. The van der Waals surface area contributed by atoms with E-state index in [1.54, 1.807) is 6.08 Å². The van der Waals surface area contributed by atoms with Crippen LogP contribution < -0.4 is 5.32 Å². The lowest BCUT2D eigenvalue weighted by molar-refractivity contribution is -0.870. The number of hydrogen-bond donors (Lipinski definition) is 3. The summed E-state index contributed by atoms with van der Waals surface area (Å²) in [6.07, 6.45) is 24.2. The Morgan fingerprint density at radius 3 is 1.80 bits per heavy atom. The van der Waals surface area contributed by atoms with Crippen LogP contribution in [0.1, 0.15) is 136 Å². The van der Waals surface area contributed by atoms with Gasteiger partial charge in [-0.2, -0.15) is 0 Å². The van der Waals surface area contributed by atoms with Gasteiger partial charge in [0.25, 0.3) is 0 Å². The van der Waals surface area contributed by atoms with Crippen LogP contribution in [0.25, 0.3) is 0 Å². The molecule has 0 aliphatic rings. The number of allylic oxidation sites excluding steroid dienone is 1. The van der Waals surface area contributed by atoms with Crippen LogP contribution in [0.3, 0.4) is 0 Å². The normalized spacial score (nSPS) is 15.2. The SMILES string of the molecule is CCCCCCCCCC/C=C/C(O)C(COP(=O)(O)OCC[N+](C)(C)C)NC(=O)CCCCCCCCCCC. The molecule has 0 saturated carbocycles. The number of unbranched alkanes of at least 4 members (excludes halogenated alkanes) is 16. The van der Waals surface area contributed by atoms with Gasteiger partial charge in [0.2, 0.25) is 5.91 Å². The third-order valence-corrected chi connectivity index (χ3v) is 8.24. The number of hydrogen-bond acceptors (Lipinski definition) is 5. The van der Waals surface area contributed by atoms with Crippen molar-refractivity contribution in [2.24, 2.45) is 0 Å². The monoisotopic (exact) mass is 605 g/mol. The highest BCUT2D eigenvalue weighted by atomic mass is 31.2. The van der Waals surface area contributed by atoms with E-state index < -0.39 is 20.0 Å². The number of aliphatic hydroxyl groups excluding tert-OH is 1. The van der Waals surface area contributed by atoms with E-state index in [-0.39, 0.29) is 19.1 Å². The van der Waals surface area contributed by atoms with Crippen LogP contribution in [0, 0.1) is 0 Å². The van der Waals surface area contributed by atoms with E-state index in [2.05, 4.69) is 19.2 Å². The van der Waals surface area contributed by atoms with Crippen molar-refractivity contribution >= 4 is 13.7 Å². The second kappa shape index (κ2) is 25.7. The summed E-state index contributed by atoms with van der Waals surface area (Å²) in [5.41, 5.74) is 0. The number of phosphoric acid groups is 1. The highest BCUT2D eigenvalue weighted by molar-refractivity contribution is 7.47. The Kier molecular flexibility index (Phi) is 25.2. The topological polar surface area (TPSA) is 105 Å². The molecule has 3 N–H and O–H groups in total. The third-order valence-electron chi connectivity index (χ3n) is 7.26. The molecule has 9 heteroatoms. The van der Waals surface area contributed by atoms with Crippen LogP contribution in [0.2, 0.25) is 0 Å². The standard InChI is InChI=1S/C32H65N2O6P/c1-6-8-10-12-14-16-18-19-21-23-25-31(35)30(29-40-41(37,38)39-28-27-34(3,4)5)33-32(36)26-24-22-20-17-15-13-11-9-7-2/h23,25,30-31,35H,6-22,24,26-29H2,1-5H3,(H-,33,36,37,38)/p+1/b25-23+. The lowest BCUT2D eigenvalue weighted by Crippen LogP contribution is -2.45. The minimum absolute atomic E-state index is 0.0635. The molecule has 244 valence electrons. The summed E-state index contributed by atoms with van der Waals surface area (Å²) in [5.74, 6) is -0.184. The Bertz CT molecular complexity index is 698. The highest BCUT2D eigenvalue weighted by Gasteiger charge is 2.27. The second-order valence-corrected chi connectivity index (χ2v) is 14.0. The van der Waals surface area contributed by atoms with E-state index in [4.69, 9.17) is 9.05 Å². The van der Waals surface area contributed by atoms with E-state index in [1.165, 1.54) is 77.0 Å². The third kappa shape index (κ3) is 27.8. The van der Waals surface area contributed by atoms with E-state index in [9.17, 15) is 19.4 Å². The Labute approximate surface area is 252 Å². The molecule has 0 aromatic rings. The Morgan fingerprint density at radius 1 is 0.805 bits per heavy atom. The number of aliphatic hydroxyl groups is 1. The number of amides is 1. The van der Waals surface area contributed by atoms with Gasteiger partial charge in [0.1, 0.15) is 13.2 Å². The molecule has 0 aromatic carbocycles. The van der Waals surface area contributed by atoms with Gasteiger partial charge in [0.05, 0.1) is 39.9 Å². The number of carbonyl (C=O) groups is 1. The van der Waals surface area contributed by atoms with E-state index in [0.717, 1.165) is 38.5 Å². The van der Waals surface area contributed by atoms with E-state index in [1.807, 2.05) is 27.2 Å². The van der Waals surface area contributed by atoms with Gasteiger partial charge in [0, 0.05) is 6.42 Å². The van der Waals surface area contributed by atoms with Crippen LogP contribution in [-0.4, -0.2) is 73.4 Å². The predicted molar refractivity (Wildman–Crippen MR) is 171 cm³/mol. The van der Waals surface area contributed by atoms with Crippen molar-refractivity contribution in [1.29, 1.82) is 0 Å². The zero-order chi connectivity index (χ0) is 30.8. The molecule has 0 spiro atoms. The zero-order valence-corrected chi connectivity index (χ0v) is 28.2. The van der Waals surface area contributed by atoms with Crippen molar-refractivity contribution in [1.82, 2.24) is 5.32 Å². The number of nitrogens with zero attached hydrogens (tertiary/aromatic N) is 1. The first-order valence-electron chi connectivity index (χ1n) is 16.6. The summed E-state index contributed by atoms with van der Waals surface area (Å²) in [6, 6.07) is -0.835. The molecule has 0 heterocycles. The Morgan fingerprint density at radius 2 is 1.29 bits per heavy atom.